The molecule has 0 bridgehead atoms. The Hall–Kier alpha value is -1.37. The molecule has 1 aromatic rings. The van der Waals surface area contributed by atoms with Gasteiger partial charge in [-0.15, -0.1) is 0 Å². The predicted octanol–water partition coefficient (Wildman–Crippen LogP) is 6.43. The van der Waals surface area contributed by atoms with Crippen molar-refractivity contribution in [2.24, 2.45) is 0 Å². The molecule has 0 aromatic heterocycles. The van der Waals surface area contributed by atoms with Gasteiger partial charge in [-0.1, -0.05) is 50.6 Å². The Balaban J connectivity index is 2.18. The summed E-state index contributed by atoms with van der Waals surface area (Å²) in [4.78, 5) is 15.0. The lowest BCUT2D eigenvalue weighted by Gasteiger charge is -2.38. The molecule has 0 N–H and O–H groups in total. The van der Waals surface area contributed by atoms with E-state index in [-0.39, 0.29) is 17.2 Å². The average molecular weight is 436 g/mol. The second-order valence-corrected chi connectivity index (χ2v) is 15.9. The van der Waals surface area contributed by atoms with Gasteiger partial charge in [0.2, 0.25) is 0 Å². The molecule has 5 nitrogen and oxygen atoms in total. The number of carbonyl (C=O) groups is 1. The largest absolute Gasteiger partial charge is 0.441 e. The van der Waals surface area contributed by atoms with Gasteiger partial charge < -0.3 is 13.9 Å². The molecule has 0 unspecified atom stereocenters. The second kappa shape index (κ2) is 8.64. The lowest BCUT2D eigenvalue weighted by Crippen LogP contribution is -2.53. The van der Waals surface area contributed by atoms with Crippen molar-refractivity contribution >= 4 is 14.4 Å². The van der Waals surface area contributed by atoms with Crippen LogP contribution in [0.3, 0.4) is 0 Å². The van der Waals surface area contributed by atoms with Crippen LogP contribution in [0.4, 0.5) is 4.79 Å². The zero-order chi connectivity index (χ0) is 23.0. The molecule has 2 rings (SSSR count). The Labute approximate surface area is 184 Å². The van der Waals surface area contributed by atoms with Crippen LogP contribution in [0.1, 0.15) is 72.1 Å². The number of carbonyl (C=O) groups excluding carboxylic acids is 1. The third-order valence-electron chi connectivity index (χ3n) is 6.45. The maximum Gasteiger partial charge on any atom is 0.413 e. The molecule has 1 heterocycles. The summed E-state index contributed by atoms with van der Waals surface area (Å²) in [6.45, 7) is 22.1. The summed E-state index contributed by atoms with van der Waals surface area (Å²) in [6, 6.07) is 8.18. The van der Waals surface area contributed by atoms with Crippen LogP contribution in [0.5, 0.6) is 0 Å². The fourth-order valence-corrected chi connectivity index (χ4v) is 4.63. The molecule has 1 aromatic carbocycles. The molecule has 0 saturated carbocycles. The maximum atomic E-state index is 13.2. The SMILES string of the molecule is Cc1ccc([C@@H](CCO[Si](C)(C)C(C)(C)C)OC(=O)N2C(C)(C)COC2(C)C)cc1. The topological polar surface area (TPSA) is 48.0 Å². The lowest BCUT2D eigenvalue weighted by molar-refractivity contribution is -0.0600. The van der Waals surface area contributed by atoms with Gasteiger partial charge >= 0.3 is 6.09 Å². The molecule has 1 atom stereocenters. The van der Waals surface area contributed by atoms with Crippen molar-refractivity contribution in [3.63, 3.8) is 0 Å². The van der Waals surface area contributed by atoms with Gasteiger partial charge in [-0.25, -0.2) is 4.79 Å². The van der Waals surface area contributed by atoms with Gasteiger partial charge in [0.05, 0.1) is 12.1 Å². The highest BCUT2D eigenvalue weighted by Gasteiger charge is 2.50. The number of ether oxygens (including phenoxy) is 2. The van der Waals surface area contributed by atoms with Gasteiger partial charge in [-0.3, -0.25) is 4.90 Å². The number of hydrogen-bond acceptors (Lipinski definition) is 4. The Kier molecular flexibility index (Phi) is 7.16. The van der Waals surface area contributed by atoms with Crippen molar-refractivity contribution in [2.75, 3.05) is 13.2 Å². The van der Waals surface area contributed by atoms with Gasteiger partial charge in [0.25, 0.3) is 0 Å². The van der Waals surface area contributed by atoms with Gasteiger partial charge in [-0.2, -0.15) is 0 Å². The summed E-state index contributed by atoms with van der Waals surface area (Å²) >= 11 is 0. The second-order valence-electron chi connectivity index (χ2n) is 11.1. The predicted molar refractivity (Wildman–Crippen MR) is 124 cm³/mol. The zero-order valence-electron chi connectivity index (χ0n) is 20.6. The van der Waals surface area contributed by atoms with Crippen LogP contribution in [-0.4, -0.2) is 43.8 Å². The molecular weight excluding hydrogens is 394 g/mol. The first-order valence-corrected chi connectivity index (χ1v) is 13.8. The molecule has 0 radical (unpaired) electrons. The minimum absolute atomic E-state index is 0.143. The summed E-state index contributed by atoms with van der Waals surface area (Å²) < 4.78 is 18.3. The van der Waals surface area contributed by atoms with Gasteiger partial charge in [0, 0.05) is 13.0 Å². The summed E-state index contributed by atoms with van der Waals surface area (Å²) in [5.41, 5.74) is 1.05. The maximum absolute atomic E-state index is 13.2. The van der Waals surface area contributed by atoms with Crippen LogP contribution < -0.4 is 0 Å². The molecule has 1 amide bonds. The van der Waals surface area contributed by atoms with E-state index in [0.29, 0.717) is 19.6 Å². The smallest absolute Gasteiger partial charge is 0.413 e. The van der Waals surface area contributed by atoms with Crippen molar-refractivity contribution in [1.82, 2.24) is 4.90 Å². The minimum Gasteiger partial charge on any atom is -0.441 e. The number of hydrogen-bond donors (Lipinski definition) is 0. The normalized spacial score (nSPS) is 19.6. The zero-order valence-corrected chi connectivity index (χ0v) is 21.6. The van der Waals surface area contributed by atoms with Crippen LogP contribution in [0.25, 0.3) is 0 Å². The summed E-state index contributed by atoms with van der Waals surface area (Å²) in [7, 11) is -1.86. The van der Waals surface area contributed by atoms with E-state index in [1.54, 1.807) is 4.90 Å². The number of rotatable bonds is 6. The summed E-state index contributed by atoms with van der Waals surface area (Å²) in [5, 5.41) is 0.143. The monoisotopic (exact) mass is 435 g/mol. The van der Waals surface area contributed by atoms with Crippen LogP contribution >= 0.6 is 0 Å². The van der Waals surface area contributed by atoms with Crippen molar-refractivity contribution in [3.8, 4) is 0 Å². The van der Waals surface area contributed by atoms with E-state index in [9.17, 15) is 4.79 Å². The Bertz CT molecular complexity index is 719. The van der Waals surface area contributed by atoms with E-state index in [0.717, 1.165) is 5.56 Å². The molecule has 1 fully saturated rings. The molecule has 1 saturated heterocycles. The van der Waals surface area contributed by atoms with Gasteiger partial charge in [-0.05, 0) is 58.3 Å². The van der Waals surface area contributed by atoms with Crippen LogP contribution in [0, 0.1) is 6.92 Å². The highest BCUT2D eigenvalue weighted by Crippen LogP contribution is 2.38. The molecular formula is C24H41NO4Si. The number of aryl methyl sites for hydroxylation is 1. The first-order chi connectivity index (χ1) is 13.6. The van der Waals surface area contributed by atoms with E-state index < -0.39 is 19.6 Å². The molecule has 170 valence electrons. The third kappa shape index (κ3) is 5.65. The molecule has 6 heteroatoms. The highest BCUT2D eigenvalue weighted by atomic mass is 28.4. The fraction of sp³-hybridized carbons (Fsp3) is 0.708. The van der Waals surface area contributed by atoms with Crippen molar-refractivity contribution in [2.45, 2.75) is 97.3 Å². The standard InChI is InChI=1S/C24H41NO4Si/c1-18-11-13-19(14-12-18)20(15-16-28-30(9,10)22(2,3)4)29-21(26)25-23(5,6)17-27-24(25,7)8/h11-14,20H,15-17H2,1-10H3/t20-/m1/s1. The first-order valence-electron chi connectivity index (χ1n) is 10.9. The summed E-state index contributed by atoms with van der Waals surface area (Å²) in [5.74, 6) is 0. The summed E-state index contributed by atoms with van der Waals surface area (Å²) in [6.07, 6.45) is -0.0906. The van der Waals surface area contributed by atoms with Crippen LogP contribution in [-0.2, 0) is 13.9 Å². The van der Waals surface area contributed by atoms with Crippen molar-refractivity contribution in [3.05, 3.63) is 35.4 Å². The minimum atomic E-state index is -1.86. The van der Waals surface area contributed by atoms with E-state index in [1.165, 1.54) is 5.56 Å². The number of amides is 1. The molecule has 0 spiro atoms. The first kappa shape index (κ1) is 24.9. The quantitative estimate of drug-likeness (QED) is 0.483. The Morgan fingerprint density at radius 2 is 1.73 bits per heavy atom. The van der Waals surface area contributed by atoms with Crippen LogP contribution in [0.2, 0.25) is 18.1 Å². The Morgan fingerprint density at radius 3 is 2.20 bits per heavy atom. The lowest BCUT2D eigenvalue weighted by atomic mass is 10.0. The average Bonchev–Trinajstić information content (AvgIpc) is 2.81. The molecule has 1 aliphatic heterocycles. The van der Waals surface area contributed by atoms with Crippen molar-refractivity contribution in [1.29, 1.82) is 0 Å². The van der Waals surface area contributed by atoms with E-state index in [4.69, 9.17) is 13.9 Å². The molecule has 1 aliphatic rings. The Morgan fingerprint density at radius 1 is 1.17 bits per heavy atom. The van der Waals surface area contributed by atoms with Crippen LogP contribution in [0.15, 0.2) is 24.3 Å². The number of benzene rings is 1. The molecule has 30 heavy (non-hydrogen) atoms. The number of nitrogens with zero attached hydrogens (tertiary/aromatic N) is 1. The van der Waals surface area contributed by atoms with E-state index in [2.05, 4.69) is 52.9 Å². The molecule has 0 aliphatic carbocycles. The van der Waals surface area contributed by atoms with E-state index >= 15 is 0 Å². The third-order valence-corrected chi connectivity index (χ3v) is 11.0. The highest BCUT2D eigenvalue weighted by molar-refractivity contribution is 6.74. The van der Waals surface area contributed by atoms with Crippen molar-refractivity contribution < 1.29 is 18.7 Å². The fourth-order valence-electron chi connectivity index (χ4n) is 3.56. The van der Waals surface area contributed by atoms with E-state index in [1.807, 2.05) is 39.8 Å². The van der Waals surface area contributed by atoms with Gasteiger partial charge in [0.1, 0.15) is 11.8 Å². The van der Waals surface area contributed by atoms with Gasteiger partial charge in [0.15, 0.2) is 8.32 Å².